The van der Waals surface area contributed by atoms with Crippen molar-refractivity contribution >= 4 is 353 Å². The Bertz CT molecular complexity index is 4740. The molecule has 0 aliphatic heterocycles. The Morgan fingerprint density at radius 2 is 0.832 bits per heavy atom. The molecule has 0 fully saturated rings. The molecule has 0 radical (unpaired) electrons. The summed E-state index contributed by atoms with van der Waals surface area (Å²) in [4.78, 5) is 102. The molecule has 3 atom stereocenters. The number of aliphatic imine (C=N–C) groups is 1. The zero-order valence-electron chi connectivity index (χ0n) is 57.9. The second-order valence-corrected chi connectivity index (χ2v) is 36.4. The number of benzene rings is 2. The van der Waals surface area contributed by atoms with Crippen molar-refractivity contribution in [3.63, 3.8) is 0 Å². The number of primary amides is 1. The highest BCUT2D eigenvalue weighted by Gasteiger charge is 2.35. The molecule has 119 heavy (non-hydrogen) atoms. The molecule has 3 unspecified atom stereocenters. The van der Waals surface area contributed by atoms with Crippen LogP contribution in [0.3, 0.4) is 0 Å². The Morgan fingerprint density at radius 1 is 0.471 bits per heavy atom. The summed E-state index contributed by atoms with van der Waals surface area (Å²) in [6.07, 6.45) is 12.5. The van der Waals surface area contributed by atoms with Crippen molar-refractivity contribution in [2.45, 2.75) is 76.1 Å². The first-order chi connectivity index (χ1) is 54.1. The van der Waals surface area contributed by atoms with E-state index in [0.717, 1.165) is 69.1 Å². The number of pyridine rings is 2. The fraction of sp³-hybridized carbons (Fsp3) is 0.173. The molecule has 10 rings (SSSR count). The Hall–Kier alpha value is -7.23. The van der Waals surface area contributed by atoms with Crippen molar-refractivity contribution < 1.29 is 69.0 Å². The quantitative estimate of drug-likeness (QED) is 0.00522. The van der Waals surface area contributed by atoms with Gasteiger partial charge in [0.2, 0.25) is 38.8 Å². The van der Waals surface area contributed by atoms with E-state index in [2.05, 4.69) is 58.9 Å². The van der Waals surface area contributed by atoms with Gasteiger partial charge in [0.25, 0.3) is 0 Å². The van der Waals surface area contributed by atoms with Gasteiger partial charge in [-0.1, -0.05) is 242 Å². The number of nitrogen functional groups attached to an aromatic ring is 1. The van der Waals surface area contributed by atoms with Crippen LogP contribution >= 0.6 is 232 Å². The molecule has 0 spiro atoms. The number of halogens is 12. The predicted molar refractivity (Wildman–Crippen MR) is 510 cm³/mol. The molecule has 44 heteroatoms. The van der Waals surface area contributed by atoms with Crippen molar-refractivity contribution in [2.75, 3.05) is 11.1 Å². The molecule has 10 aromatic rings. The molecule has 0 saturated carbocycles. The Labute approximate surface area is 781 Å². The van der Waals surface area contributed by atoms with Crippen LogP contribution in [0.15, 0.2) is 214 Å². The molecular formula is C75H78Cl12N10O14S8. The fourth-order valence-electron chi connectivity index (χ4n) is 6.91. The third-order valence-corrected chi connectivity index (χ3v) is 19.6. The van der Waals surface area contributed by atoms with Gasteiger partial charge in [-0.15, -0.1) is 68.0 Å². The maximum Gasteiger partial charge on any atom is 0.328 e. The normalized spacial score (nSPS) is 11.4. The number of carboxylic acids is 3. The molecule has 0 saturated heterocycles. The number of hydrogen-bond donors (Lipinski definition) is 13. The second-order valence-electron chi connectivity index (χ2n) is 20.5. The molecule has 15 N–H and O–H groups in total. The summed E-state index contributed by atoms with van der Waals surface area (Å²) in [5.41, 5.74) is 13.6. The zero-order valence-corrected chi connectivity index (χ0v) is 73.5. The number of nitrogens with zero attached hydrogens (tertiary/aromatic N) is 3. The van der Waals surface area contributed by atoms with Gasteiger partial charge < -0.3 is 68.7 Å². The monoisotopic (exact) mass is 2020 g/mol. The van der Waals surface area contributed by atoms with Crippen LogP contribution in [-0.4, -0.2) is 139 Å². The number of aliphatic carboxylic acids is 3. The number of alkyl halides is 12. The summed E-state index contributed by atoms with van der Waals surface area (Å²) >= 11 is 84.6. The number of carbonyl (C=O) groups is 8. The lowest BCUT2D eigenvalue weighted by Crippen LogP contribution is -2.55. The molecule has 644 valence electrons. The number of amides is 4. The minimum atomic E-state index is -1.97. The molecule has 0 bridgehead atoms. The van der Waals surface area contributed by atoms with Crippen molar-refractivity contribution in [3.8, 4) is 0 Å². The van der Waals surface area contributed by atoms with Gasteiger partial charge in [-0.2, -0.15) is 0 Å². The summed E-state index contributed by atoms with van der Waals surface area (Å²) in [5, 5.41) is 77.7. The number of thiophene rings is 6. The number of rotatable bonds is 19. The number of fused-ring (bicyclic) bond motifs is 2. The van der Waals surface area contributed by atoms with Crippen molar-refractivity contribution in [3.05, 3.63) is 238 Å². The molecule has 8 aromatic heterocycles. The van der Waals surface area contributed by atoms with Gasteiger partial charge in [-0.05, 0) is 148 Å². The first kappa shape index (κ1) is 116. The van der Waals surface area contributed by atoms with Crippen LogP contribution in [0.25, 0.3) is 52.2 Å². The first-order valence-corrected chi connectivity index (χ1v) is 41.6. The van der Waals surface area contributed by atoms with E-state index in [4.69, 9.17) is 188 Å². The number of isothiocyanates is 1. The number of carbonyl (C=O) groups excluding carboxylic acids is 5. The summed E-state index contributed by atoms with van der Waals surface area (Å²) in [6.45, 7) is 0. The molecular weight excluding hydrogens is 1950 g/mol. The van der Waals surface area contributed by atoms with Gasteiger partial charge in [-0.25, -0.2) is 9.79 Å². The Balaban J connectivity index is -0.00000133. The van der Waals surface area contributed by atoms with E-state index in [0.29, 0.717) is 5.69 Å². The van der Waals surface area contributed by atoms with E-state index in [1.54, 1.807) is 60.2 Å². The standard InChI is InChI=1S/C19H15Cl3N4OS2.C10H7Cl3N2OS2.C9H8Cl3NO2S.C9H8N2.C7H7NOS.C7H6O2S.C5H4OS.C3H4O4.C2H3Cl3O2.4CH4/c20-19(21,22)17(25-15(27)9-8-13-6-3-11-29-13)26-18(28)24-14-7-1-4-12-5-2-10-23-16(12)14;11-10(12,13)9(14-6-17)15-8(16)4-3-7-2-1-5-18-7;10-9(11,12)8(15)13-7(14)4-3-6-2-1-5-16-6;10-8-5-1-3-7-4-2-6-11-9(7)8;2*8-7(9)4-3-6-2-1-5-10-6;6-4-5-2-1-3-7-5;4-2(5)1-3(6)7;3-2(4,5)1(6)7;;;;/h1-11,17H,(H,25,27)(H2,24,26,28);1-5,9H,(H,15,16);1-5,8,15H,(H,13,14);1-6H,10H2;1-5H,(H2,8,9);1-5H,(H,8,9);1-4H;1H2,(H,4,5)(H,6,7);1,6-7H;4*1H4/b9-8+;2*4-3+;;2*4-3+;;;;;;;. The lowest BCUT2D eigenvalue weighted by atomic mass is 10.2. The van der Waals surface area contributed by atoms with E-state index in [1.165, 1.54) is 81.0 Å². The molecule has 2 aromatic carbocycles. The highest BCUT2D eigenvalue weighted by Crippen LogP contribution is 2.33. The van der Waals surface area contributed by atoms with E-state index >= 15 is 0 Å². The SMILES string of the molecule is C.C.C.C.NC(=O)/C=C/c1cccs1.Nc1cccc2cccnc12.O=C(/C=C/c1cccs1)NC(N=C=S)C(Cl)(Cl)Cl.O=C(/C=C/c1cccs1)NC(NC(=S)Nc1cccc2cccnc12)C(Cl)(Cl)Cl.O=C(/C=C/c1cccs1)NC(O)C(Cl)(Cl)Cl.O=C(O)/C=C/c1cccs1.O=C(O)CC(=O)O.O=Cc1cccs1.OC(O)C(Cl)(Cl)Cl. The predicted octanol–water partition coefficient (Wildman–Crippen LogP) is 20.6. The maximum atomic E-state index is 12.2. The van der Waals surface area contributed by atoms with E-state index in [9.17, 15) is 43.5 Å². The summed E-state index contributed by atoms with van der Waals surface area (Å²) in [6, 6.07) is 41.6. The smallest absolute Gasteiger partial charge is 0.328 e. The van der Waals surface area contributed by atoms with E-state index in [-0.39, 0.29) is 34.8 Å². The number of aliphatic hydroxyl groups excluding tert-OH is 2. The van der Waals surface area contributed by atoms with Crippen LogP contribution in [0.5, 0.6) is 0 Å². The van der Waals surface area contributed by atoms with Crippen LogP contribution < -0.4 is 38.1 Å². The summed E-state index contributed by atoms with van der Waals surface area (Å²) in [5.74, 6) is -5.35. The number of thiocarbonyl (C=S) groups is 2. The molecule has 0 aliphatic rings. The number of aromatic nitrogens is 2. The molecule has 8 heterocycles. The van der Waals surface area contributed by atoms with Crippen molar-refractivity contribution in [1.29, 1.82) is 0 Å². The number of para-hydroxylation sites is 2. The summed E-state index contributed by atoms with van der Waals surface area (Å²) < 4.78 is -7.53. The largest absolute Gasteiger partial charge is 0.481 e. The lowest BCUT2D eigenvalue weighted by molar-refractivity contribution is -0.147. The van der Waals surface area contributed by atoms with Gasteiger partial charge in [0.15, 0.2) is 30.1 Å². The van der Waals surface area contributed by atoms with Crippen LogP contribution in [-0.2, 0) is 33.6 Å². The van der Waals surface area contributed by atoms with Crippen molar-refractivity contribution in [2.24, 2.45) is 10.7 Å². The molecule has 4 amide bonds. The van der Waals surface area contributed by atoms with Crippen LogP contribution in [0.1, 0.15) is 70.2 Å². The topological polar surface area (TPSA) is 408 Å². The number of nitrogens with one attached hydrogen (secondary N) is 5. The minimum Gasteiger partial charge on any atom is -0.481 e. The average Bonchev–Trinajstić information content (AvgIpc) is 1.53. The third-order valence-electron chi connectivity index (χ3n) is 11.8. The molecule has 0 aliphatic carbocycles. The lowest BCUT2D eigenvalue weighted by Gasteiger charge is -2.27. The van der Waals surface area contributed by atoms with Crippen LogP contribution in [0.4, 0.5) is 11.4 Å². The zero-order chi connectivity index (χ0) is 86.2. The third kappa shape index (κ3) is 54.7. The van der Waals surface area contributed by atoms with Crippen LogP contribution in [0.2, 0.25) is 0 Å². The number of nitrogens with two attached hydrogens (primary N) is 2. The van der Waals surface area contributed by atoms with Gasteiger partial charge in [0, 0.05) is 77.9 Å². The maximum absolute atomic E-state index is 12.2. The number of hydrogen-bond acceptors (Lipinski definition) is 23. The van der Waals surface area contributed by atoms with Gasteiger partial charge in [0.1, 0.15) is 12.6 Å². The van der Waals surface area contributed by atoms with Crippen LogP contribution in [0, 0.1) is 0 Å². The fourth-order valence-corrected chi connectivity index (χ4v) is 11.7. The van der Waals surface area contributed by atoms with Gasteiger partial charge in [-0.3, -0.25) is 43.5 Å². The number of carboxylic acid groups (broad SMARTS) is 3. The first-order valence-electron chi connectivity index (χ1n) is 30.9. The number of anilines is 2. The van der Waals surface area contributed by atoms with Gasteiger partial charge in [0.05, 0.1) is 32.4 Å². The van der Waals surface area contributed by atoms with E-state index < -0.39 is 88.0 Å². The number of aldehydes is 1. The van der Waals surface area contributed by atoms with Crippen molar-refractivity contribution in [1.82, 2.24) is 31.2 Å². The minimum absolute atomic E-state index is 0. The highest BCUT2D eigenvalue weighted by atomic mass is 35.6. The Kier molecular flexibility index (Phi) is 61.2. The highest BCUT2D eigenvalue weighted by molar-refractivity contribution is 7.80. The molecule has 24 nitrogen and oxygen atoms in total. The number of aliphatic hydroxyl groups is 3. The van der Waals surface area contributed by atoms with Gasteiger partial charge >= 0.3 is 17.9 Å². The second kappa shape index (κ2) is 62.8. The average molecular weight is 2030 g/mol. The van der Waals surface area contributed by atoms with E-state index in [1.807, 2.05) is 160 Å². The summed E-state index contributed by atoms with van der Waals surface area (Å²) in [7, 11) is 0. The Morgan fingerprint density at radius 3 is 1.15 bits per heavy atom.